The van der Waals surface area contributed by atoms with Gasteiger partial charge in [0.15, 0.2) is 11.4 Å². The number of hydrogen-bond acceptors (Lipinski definition) is 7. The summed E-state index contributed by atoms with van der Waals surface area (Å²) < 4.78 is 9.99. The predicted octanol–water partition coefficient (Wildman–Crippen LogP) is 1.04. The molecule has 0 radical (unpaired) electrons. The summed E-state index contributed by atoms with van der Waals surface area (Å²) in [6, 6.07) is 0.463. The van der Waals surface area contributed by atoms with Crippen molar-refractivity contribution in [3.8, 4) is 5.75 Å². The summed E-state index contributed by atoms with van der Waals surface area (Å²) in [7, 11) is 0. The molecule has 136 valence electrons. The Labute approximate surface area is 145 Å². The molecular weight excluding hydrogens is 330 g/mol. The minimum absolute atomic E-state index is 0.114. The molecule has 0 fully saturated rings. The van der Waals surface area contributed by atoms with E-state index in [0.29, 0.717) is 12.8 Å². The number of hydrogen-bond donors (Lipinski definition) is 2. The van der Waals surface area contributed by atoms with E-state index < -0.39 is 23.9 Å². The van der Waals surface area contributed by atoms with Crippen LogP contribution in [0.15, 0.2) is 12.3 Å². The largest absolute Gasteiger partial charge is 0.464 e. The zero-order valence-electron chi connectivity index (χ0n) is 14.3. The van der Waals surface area contributed by atoms with Gasteiger partial charge in [0.25, 0.3) is 5.91 Å². The summed E-state index contributed by atoms with van der Waals surface area (Å²) >= 11 is 0. The first kappa shape index (κ1) is 20.1. The van der Waals surface area contributed by atoms with E-state index >= 15 is 0 Å². The Morgan fingerprint density at radius 2 is 2.04 bits per heavy atom. The number of anilines is 1. The maximum absolute atomic E-state index is 12.4. The maximum Gasteiger partial charge on any atom is 0.328 e. The molecule has 0 saturated heterocycles. The van der Waals surface area contributed by atoms with E-state index in [0.717, 1.165) is 0 Å². The first-order valence-corrected chi connectivity index (χ1v) is 7.81. The van der Waals surface area contributed by atoms with Crippen molar-refractivity contribution in [2.75, 3.05) is 11.9 Å². The van der Waals surface area contributed by atoms with Gasteiger partial charge in [-0.25, -0.2) is 9.78 Å². The molecule has 0 aliphatic rings. The van der Waals surface area contributed by atoms with Crippen molar-refractivity contribution >= 4 is 29.9 Å². The van der Waals surface area contributed by atoms with Crippen LogP contribution < -0.4 is 15.4 Å². The quantitative estimate of drug-likeness (QED) is 0.503. The Balaban J connectivity index is 3.09. The van der Waals surface area contributed by atoms with Gasteiger partial charge in [0.2, 0.25) is 6.41 Å². The van der Waals surface area contributed by atoms with Gasteiger partial charge in [-0.15, -0.1) is 0 Å². The van der Waals surface area contributed by atoms with E-state index in [-0.39, 0.29) is 30.2 Å². The molecule has 2 N–H and O–H groups in total. The van der Waals surface area contributed by atoms with Crippen LogP contribution in [-0.2, 0) is 19.1 Å². The fourth-order valence-corrected chi connectivity index (χ4v) is 1.85. The van der Waals surface area contributed by atoms with Crippen molar-refractivity contribution in [3.63, 3.8) is 0 Å². The van der Waals surface area contributed by atoms with Crippen LogP contribution in [0.25, 0.3) is 0 Å². The summed E-state index contributed by atoms with van der Waals surface area (Å²) in [5, 5.41) is 4.76. The van der Waals surface area contributed by atoms with Crippen LogP contribution in [-0.4, -0.2) is 41.9 Å². The lowest BCUT2D eigenvalue weighted by Crippen LogP contribution is -2.40. The molecular formula is C16H21N3O6. The first-order chi connectivity index (χ1) is 11.9. The third kappa shape index (κ3) is 5.87. The lowest BCUT2D eigenvalue weighted by Gasteiger charge is -2.15. The predicted molar refractivity (Wildman–Crippen MR) is 88.0 cm³/mol. The van der Waals surface area contributed by atoms with Gasteiger partial charge in [-0.3, -0.25) is 14.4 Å². The monoisotopic (exact) mass is 351 g/mol. The molecule has 1 aromatic rings. The molecule has 1 heterocycles. The number of nitrogens with zero attached hydrogens (tertiary/aromatic N) is 1. The smallest absolute Gasteiger partial charge is 0.328 e. The summed E-state index contributed by atoms with van der Waals surface area (Å²) in [6.45, 7) is 5.07. The summed E-state index contributed by atoms with van der Waals surface area (Å²) in [5.41, 5.74) is -0.115. The number of esters is 2. The minimum Gasteiger partial charge on any atom is -0.464 e. The van der Waals surface area contributed by atoms with Crippen LogP contribution in [0.4, 0.5) is 5.69 Å². The van der Waals surface area contributed by atoms with E-state index in [1.54, 1.807) is 13.8 Å². The van der Waals surface area contributed by atoms with Crippen LogP contribution in [0.3, 0.4) is 0 Å². The average Bonchev–Trinajstić information content (AvgIpc) is 2.56. The van der Waals surface area contributed by atoms with Crippen LogP contribution in [0.2, 0.25) is 0 Å². The maximum atomic E-state index is 12.4. The van der Waals surface area contributed by atoms with Crippen molar-refractivity contribution in [3.05, 3.63) is 18.0 Å². The van der Waals surface area contributed by atoms with Crippen LogP contribution in [0.1, 0.15) is 44.1 Å². The number of nitrogens with one attached hydrogen (secondary N) is 2. The molecule has 9 heteroatoms. The molecule has 9 nitrogen and oxygen atoms in total. The van der Waals surface area contributed by atoms with E-state index in [1.807, 2.05) is 0 Å². The normalized spacial score (nSPS) is 11.2. The number of carbonyl (C=O) groups excluding carboxylic acids is 4. The average molecular weight is 351 g/mol. The fourth-order valence-electron chi connectivity index (χ4n) is 1.85. The van der Waals surface area contributed by atoms with Crippen molar-refractivity contribution < 1.29 is 28.7 Å². The van der Waals surface area contributed by atoms with Crippen molar-refractivity contribution in [1.82, 2.24) is 10.3 Å². The van der Waals surface area contributed by atoms with Crippen LogP contribution in [0.5, 0.6) is 5.75 Å². The molecule has 2 amide bonds. The third-order valence-corrected chi connectivity index (χ3v) is 2.99. The van der Waals surface area contributed by atoms with E-state index in [1.165, 1.54) is 19.2 Å². The van der Waals surface area contributed by atoms with Gasteiger partial charge in [-0.05, 0) is 26.3 Å². The van der Waals surface area contributed by atoms with Crippen LogP contribution in [0, 0.1) is 0 Å². The standard InChI is InChI=1S/C16H21N3O6/c1-4-6-12(21)25-14-11(18-9-20)7-8-17-13(14)15(22)19-10(3)16(23)24-5-2/h7-10H,4-6H2,1-3H3,(H,19,22)(H,17,18,20). The first-order valence-electron chi connectivity index (χ1n) is 7.81. The SMILES string of the molecule is CCCC(=O)Oc1c(NC=O)ccnc1C(=O)NC(C)C(=O)OCC. The highest BCUT2D eigenvalue weighted by Crippen LogP contribution is 2.27. The van der Waals surface area contributed by atoms with Gasteiger partial charge in [0, 0.05) is 12.6 Å². The lowest BCUT2D eigenvalue weighted by atomic mass is 10.2. The summed E-state index contributed by atoms with van der Waals surface area (Å²) in [5.74, 6) is -2.10. The number of ether oxygens (including phenoxy) is 2. The molecule has 0 aliphatic heterocycles. The van der Waals surface area contributed by atoms with Crippen molar-refractivity contribution in [1.29, 1.82) is 0 Å². The number of rotatable bonds is 9. The molecule has 0 spiro atoms. The number of pyridine rings is 1. The summed E-state index contributed by atoms with van der Waals surface area (Å²) in [4.78, 5) is 50.4. The van der Waals surface area contributed by atoms with E-state index in [9.17, 15) is 19.2 Å². The molecule has 1 atom stereocenters. The van der Waals surface area contributed by atoms with Crippen molar-refractivity contribution in [2.45, 2.75) is 39.7 Å². The topological polar surface area (TPSA) is 124 Å². The highest BCUT2D eigenvalue weighted by Gasteiger charge is 2.24. The second-order valence-corrected chi connectivity index (χ2v) is 4.97. The highest BCUT2D eigenvalue weighted by molar-refractivity contribution is 6.00. The Morgan fingerprint density at radius 3 is 2.64 bits per heavy atom. The van der Waals surface area contributed by atoms with Crippen molar-refractivity contribution in [2.24, 2.45) is 0 Å². The van der Waals surface area contributed by atoms with Gasteiger partial charge >= 0.3 is 11.9 Å². The number of aromatic nitrogens is 1. The molecule has 1 unspecified atom stereocenters. The van der Waals surface area contributed by atoms with E-state index in [4.69, 9.17) is 9.47 Å². The minimum atomic E-state index is -0.920. The third-order valence-electron chi connectivity index (χ3n) is 2.99. The second kappa shape index (κ2) is 10.0. The zero-order chi connectivity index (χ0) is 18.8. The second-order valence-electron chi connectivity index (χ2n) is 4.97. The van der Waals surface area contributed by atoms with Gasteiger partial charge in [-0.2, -0.15) is 0 Å². The molecule has 1 rings (SSSR count). The molecule has 1 aromatic heterocycles. The Hall–Kier alpha value is -2.97. The molecule has 0 aliphatic carbocycles. The van der Waals surface area contributed by atoms with Gasteiger partial charge in [-0.1, -0.05) is 6.92 Å². The van der Waals surface area contributed by atoms with E-state index in [2.05, 4.69) is 15.6 Å². The van der Waals surface area contributed by atoms with Gasteiger partial charge in [0.1, 0.15) is 6.04 Å². The highest BCUT2D eigenvalue weighted by atomic mass is 16.5. The molecule has 0 aromatic carbocycles. The molecule has 0 bridgehead atoms. The van der Waals surface area contributed by atoms with Gasteiger partial charge in [0.05, 0.1) is 12.3 Å². The molecule has 25 heavy (non-hydrogen) atoms. The Kier molecular flexibility index (Phi) is 8.04. The number of carbonyl (C=O) groups is 4. The lowest BCUT2D eigenvalue weighted by molar-refractivity contribution is -0.145. The fraction of sp³-hybridized carbons (Fsp3) is 0.438. The Bertz CT molecular complexity index is 647. The zero-order valence-corrected chi connectivity index (χ0v) is 14.3. The number of amides is 2. The summed E-state index contributed by atoms with van der Waals surface area (Å²) in [6.07, 6.45) is 2.34. The Morgan fingerprint density at radius 1 is 1.32 bits per heavy atom. The van der Waals surface area contributed by atoms with Crippen LogP contribution >= 0.6 is 0 Å². The molecule has 0 saturated carbocycles. The van der Waals surface area contributed by atoms with Gasteiger partial charge < -0.3 is 20.1 Å².